The molecule has 1 atom stereocenters. The van der Waals surface area contributed by atoms with Gasteiger partial charge in [-0.25, -0.2) is 0 Å². The lowest BCUT2D eigenvalue weighted by Crippen LogP contribution is -2.52. The smallest absolute Gasteiger partial charge is 0.249 e. The highest BCUT2D eigenvalue weighted by Gasteiger charge is 2.27. The molecule has 5 nitrogen and oxygen atoms in total. The summed E-state index contributed by atoms with van der Waals surface area (Å²) in [7, 11) is 0. The number of nitrogens with two attached hydrogens (primary N) is 1. The maximum Gasteiger partial charge on any atom is 0.249 e. The lowest BCUT2D eigenvalue weighted by atomic mass is 10.2. The van der Waals surface area contributed by atoms with E-state index in [0.717, 1.165) is 5.56 Å². The minimum atomic E-state index is -0.0264. The summed E-state index contributed by atoms with van der Waals surface area (Å²) in [6.07, 6.45) is 3.47. The van der Waals surface area contributed by atoms with Gasteiger partial charge in [-0.2, -0.15) is 0 Å². The zero-order chi connectivity index (χ0) is 11.4. The molecule has 2 rings (SSSR count). The molecule has 0 spiro atoms. The van der Waals surface area contributed by atoms with E-state index < -0.39 is 0 Å². The molecule has 0 radical (unpaired) electrons. The molecule has 0 bridgehead atoms. The molecule has 1 amide bonds. The Balaban J connectivity index is 2.08. The highest BCUT2D eigenvalue weighted by atomic mass is 16.5. The van der Waals surface area contributed by atoms with Crippen molar-refractivity contribution < 1.29 is 9.53 Å². The average Bonchev–Trinajstić information content (AvgIpc) is 2.33. The Morgan fingerprint density at radius 3 is 3.19 bits per heavy atom. The molecule has 1 unspecified atom stereocenters. The molecule has 1 aliphatic heterocycles. The molecule has 86 valence electrons. The highest BCUT2D eigenvalue weighted by molar-refractivity contribution is 5.78. The monoisotopic (exact) mass is 221 g/mol. The molecule has 2 N–H and O–H groups in total. The Hall–Kier alpha value is -1.46. The quantitative estimate of drug-likeness (QED) is 0.765. The third-order valence-electron chi connectivity index (χ3n) is 2.64. The van der Waals surface area contributed by atoms with E-state index in [4.69, 9.17) is 10.5 Å². The van der Waals surface area contributed by atoms with Gasteiger partial charge in [0.15, 0.2) is 0 Å². The van der Waals surface area contributed by atoms with E-state index in [-0.39, 0.29) is 18.6 Å². The third-order valence-corrected chi connectivity index (χ3v) is 2.64. The van der Waals surface area contributed by atoms with E-state index in [0.29, 0.717) is 19.7 Å². The van der Waals surface area contributed by atoms with Gasteiger partial charge in [-0.1, -0.05) is 6.07 Å². The number of carbonyl (C=O) groups excluding carboxylic acids is 1. The number of aromatic nitrogens is 1. The molecular weight excluding hydrogens is 206 g/mol. The second kappa shape index (κ2) is 5.05. The number of nitrogens with zero attached hydrogens (tertiary/aromatic N) is 2. The lowest BCUT2D eigenvalue weighted by molar-refractivity contribution is -0.148. The SMILES string of the molecule is NCC1COCC(=O)N1Cc1cccnc1. The molecule has 1 aromatic rings. The fourth-order valence-electron chi connectivity index (χ4n) is 1.76. The molecule has 0 saturated carbocycles. The maximum absolute atomic E-state index is 11.7. The van der Waals surface area contributed by atoms with E-state index in [2.05, 4.69) is 4.98 Å². The van der Waals surface area contributed by atoms with Crippen molar-refractivity contribution in [3.8, 4) is 0 Å². The summed E-state index contributed by atoms with van der Waals surface area (Å²) in [5.41, 5.74) is 6.63. The summed E-state index contributed by atoms with van der Waals surface area (Å²) >= 11 is 0. The van der Waals surface area contributed by atoms with Gasteiger partial charge in [0.1, 0.15) is 6.61 Å². The summed E-state index contributed by atoms with van der Waals surface area (Å²) in [6, 6.07) is 3.78. The Bertz CT molecular complexity index is 356. The first-order chi connectivity index (χ1) is 7.81. The number of morpholine rings is 1. The van der Waals surface area contributed by atoms with Crippen molar-refractivity contribution in [1.82, 2.24) is 9.88 Å². The van der Waals surface area contributed by atoms with Crippen LogP contribution >= 0.6 is 0 Å². The maximum atomic E-state index is 11.7. The second-order valence-corrected chi connectivity index (χ2v) is 3.79. The molecular formula is C11H15N3O2. The standard InChI is InChI=1S/C11H15N3O2/c12-4-10-7-16-8-11(15)14(10)6-9-2-1-3-13-5-9/h1-3,5,10H,4,6-8,12H2. The van der Waals surface area contributed by atoms with Crippen LogP contribution in [0.5, 0.6) is 0 Å². The molecule has 0 aliphatic carbocycles. The molecule has 1 saturated heterocycles. The molecule has 16 heavy (non-hydrogen) atoms. The highest BCUT2D eigenvalue weighted by Crippen LogP contribution is 2.11. The summed E-state index contributed by atoms with van der Waals surface area (Å²) in [4.78, 5) is 17.5. The van der Waals surface area contributed by atoms with Gasteiger partial charge in [0.2, 0.25) is 5.91 Å². The summed E-state index contributed by atoms with van der Waals surface area (Å²) in [5.74, 6) is -0.00875. The number of carbonyl (C=O) groups is 1. The molecule has 1 aromatic heterocycles. The Morgan fingerprint density at radius 2 is 2.50 bits per heavy atom. The first kappa shape index (κ1) is 11.0. The van der Waals surface area contributed by atoms with Gasteiger partial charge >= 0.3 is 0 Å². The van der Waals surface area contributed by atoms with Crippen molar-refractivity contribution >= 4 is 5.91 Å². The van der Waals surface area contributed by atoms with Gasteiger partial charge < -0.3 is 15.4 Å². The van der Waals surface area contributed by atoms with Crippen LogP contribution in [0.2, 0.25) is 0 Å². The van der Waals surface area contributed by atoms with Gasteiger partial charge in [-0.15, -0.1) is 0 Å². The average molecular weight is 221 g/mol. The van der Waals surface area contributed by atoms with Crippen molar-refractivity contribution in [1.29, 1.82) is 0 Å². The Morgan fingerprint density at radius 1 is 1.62 bits per heavy atom. The fourth-order valence-corrected chi connectivity index (χ4v) is 1.76. The summed E-state index contributed by atoms with van der Waals surface area (Å²) in [6.45, 7) is 1.64. The minimum Gasteiger partial charge on any atom is -0.369 e. The number of rotatable bonds is 3. The number of pyridine rings is 1. The molecule has 2 heterocycles. The summed E-state index contributed by atoms with van der Waals surface area (Å²) in [5, 5.41) is 0. The van der Waals surface area contributed by atoms with Gasteiger partial charge in [-0.05, 0) is 11.6 Å². The van der Waals surface area contributed by atoms with Crippen molar-refractivity contribution in [3.05, 3.63) is 30.1 Å². The fraction of sp³-hybridized carbons (Fsp3) is 0.455. The third kappa shape index (κ3) is 2.37. The lowest BCUT2D eigenvalue weighted by Gasteiger charge is -2.34. The topological polar surface area (TPSA) is 68.5 Å². The Labute approximate surface area is 94.2 Å². The normalized spacial score (nSPS) is 21.2. The van der Waals surface area contributed by atoms with Crippen LogP contribution in [0.4, 0.5) is 0 Å². The Kier molecular flexibility index (Phi) is 3.48. The van der Waals surface area contributed by atoms with Gasteiger partial charge in [0.25, 0.3) is 0 Å². The molecule has 0 aromatic carbocycles. The number of ether oxygens (including phenoxy) is 1. The predicted octanol–water partition coefficient (Wildman–Crippen LogP) is -0.232. The van der Waals surface area contributed by atoms with Gasteiger partial charge in [0, 0.05) is 25.5 Å². The number of amides is 1. The van der Waals surface area contributed by atoms with Gasteiger partial charge in [-0.3, -0.25) is 9.78 Å². The molecule has 1 aliphatic rings. The predicted molar refractivity (Wildman–Crippen MR) is 58.4 cm³/mol. The van der Waals surface area contributed by atoms with E-state index in [1.54, 1.807) is 17.3 Å². The van der Waals surface area contributed by atoms with Crippen LogP contribution in [0.3, 0.4) is 0 Å². The van der Waals surface area contributed by atoms with Crippen LogP contribution in [0, 0.1) is 0 Å². The van der Waals surface area contributed by atoms with Crippen molar-refractivity contribution in [3.63, 3.8) is 0 Å². The van der Waals surface area contributed by atoms with E-state index >= 15 is 0 Å². The van der Waals surface area contributed by atoms with E-state index in [1.807, 2.05) is 12.1 Å². The number of hydrogen-bond donors (Lipinski definition) is 1. The van der Waals surface area contributed by atoms with Crippen LogP contribution in [0.1, 0.15) is 5.56 Å². The van der Waals surface area contributed by atoms with Crippen LogP contribution in [0.25, 0.3) is 0 Å². The van der Waals surface area contributed by atoms with Crippen LogP contribution in [-0.4, -0.2) is 41.6 Å². The minimum absolute atomic E-state index is 0.00875. The van der Waals surface area contributed by atoms with Crippen molar-refractivity contribution in [2.45, 2.75) is 12.6 Å². The largest absolute Gasteiger partial charge is 0.369 e. The first-order valence-electron chi connectivity index (χ1n) is 5.27. The van der Waals surface area contributed by atoms with Crippen LogP contribution in [0.15, 0.2) is 24.5 Å². The zero-order valence-corrected chi connectivity index (χ0v) is 9.00. The van der Waals surface area contributed by atoms with E-state index in [9.17, 15) is 4.79 Å². The second-order valence-electron chi connectivity index (χ2n) is 3.79. The zero-order valence-electron chi connectivity index (χ0n) is 9.00. The molecule has 5 heteroatoms. The number of hydrogen-bond acceptors (Lipinski definition) is 4. The van der Waals surface area contributed by atoms with Gasteiger partial charge in [0.05, 0.1) is 12.6 Å². The summed E-state index contributed by atoms with van der Waals surface area (Å²) < 4.78 is 5.17. The molecule has 1 fully saturated rings. The van der Waals surface area contributed by atoms with E-state index in [1.165, 1.54) is 0 Å². The van der Waals surface area contributed by atoms with Crippen LogP contribution < -0.4 is 5.73 Å². The first-order valence-corrected chi connectivity index (χ1v) is 5.27. The van der Waals surface area contributed by atoms with Crippen LogP contribution in [-0.2, 0) is 16.1 Å². The van der Waals surface area contributed by atoms with Crippen molar-refractivity contribution in [2.24, 2.45) is 5.73 Å². The van der Waals surface area contributed by atoms with Crippen molar-refractivity contribution in [2.75, 3.05) is 19.8 Å².